The number of aryl methyl sites for hydroxylation is 2. The van der Waals surface area contributed by atoms with Crippen LogP contribution < -0.4 is 5.32 Å². The van der Waals surface area contributed by atoms with Gasteiger partial charge < -0.3 is 10.4 Å². The number of nitrogens with one attached hydrogen (secondary N) is 1. The van der Waals surface area contributed by atoms with Crippen molar-refractivity contribution in [3.8, 4) is 6.07 Å². The maximum Gasteiger partial charge on any atom is 0.330 e. The molecule has 106 valence electrons. The first-order valence-corrected chi connectivity index (χ1v) is 6.45. The molecule has 0 saturated carbocycles. The molecule has 1 aromatic heterocycles. The third-order valence-electron chi connectivity index (χ3n) is 3.12. The molecule has 0 spiro atoms. The van der Waals surface area contributed by atoms with Gasteiger partial charge in [0, 0.05) is 5.69 Å². The molecule has 0 bridgehead atoms. The molecule has 5 nitrogen and oxygen atoms in total. The van der Waals surface area contributed by atoms with E-state index in [0.29, 0.717) is 22.5 Å². The van der Waals surface area contributed by atoms with E-state index in [0.717, 1.165) is 5.69 Å². The molecule has 1 atom stereocenters. The summed E-state index contributed by atoms with van der Waals surface area (Å²) in [7, 11) is 0. The maximum absolute atomic E-state index is 11.5. The van der Waals surface area contributed by atoms with Gasteiger partial charge in [-0.2, -0.15) is 5.26 Å². The quantitative estimate of drug-likeness (QED) is 0.900. The van der Waals surface area contributed by atoms with Crippen molar-refractivity contribution >= 4 is 11.7 Å². The van der Waals surface area contributed by atoms with Gasteiger partial charge in [-0.15, -0.1) is 0 Å². The Bertz CT molecular complexity index is 705. The first kappa shape index (κ1) is 14.5. The second-order valence-electron chi connectivity index (χ2n) is 4.71. The van der Waals surface area contributed by atoms with Gasteiger partial charge in [0.1, 0.15) is 6.07 Å². The standard InChI is InChI=1S/C16H15N3O2/c1-10-8-14(13(9-17)11(2)18-10)19-15(16(20)21)12-6-4-3-5-7-12/h3-8,15H,1-2H3,(H,18,19)(H,20,21). The Balaban J connectivity index is 2.44. The summed E-state index contributed by atoms with van der Waals surface area (Å²) >= 11 is 0. The average molecular weight is 281 g/mol. The number of hydrogen-bond acceptors (Lipinski definition) is 4. The van der Waals surface area contributed by atoms with Crippen LogP contribution in [0.2, 0.25) is 0 Å². The SMILES string of the molecule is Cc1cc(NC(C(=O)O)c2ccccc2)c(C#N)c(C)n1. The van der Waals surface area contributed by atoms with E-state index in [2.05, 4.69) is 16.4 Å². The zero-order valence-electron chi connectivity index (χ0n) is 11.8. The van der Waals surface area contributed by atoms with Gasteiger partial charge in [-0.1, -0.05) is 30.3 Å². The monoisotopic (exact) mass is 281 g/mol. The van der Waals surface area contributed by atoms with Gasteiger partial charge in [0.15, 0.2) is 6.04 Å². The highest BCUT2D eigenvalue weighted by Crippen LogP contribution is 2.24. The van der Waals surface area contributed by atoms with Gasteiger partial charge in [0.25, 0.3) is 0 Å². The van der Waals surface area contributed by atoms with E-state index in [1.165, 1.54) is 0 Å². The number of carbonyl (C=O) groups is 1. The number of carboxylic acids is 1. The number of rotatable bonds is 4. The number of anilines is 1. The van der Waals surface area contributed by atoms with E-state index >= 15 is 0 Å². The van der Waals surface area contributed by atoms with Crippen LogP contribution in [0.5, 0.6) is 0 Å². The second-order valence-corrected chi connectivity index (χ2v) is 4.71. The molecule has 2 rings (SSSR count). The first-order chi connectivity index (χ1) is 10.0. The Labute approximate surface area is 122 Å². The van der Waals surface area contributed by atoms with Crippen LogP contribution in [-0.4, -0.2) is 16.1 Å². The van der Waals surface area contributed by atoms with Crippen molar-refractivity contribution in [3.63, 3.8) is 0 Å². The van der Waals surface area contributed by atoms with Crippen molar-refractivity contribution in [1.82, 2.24) is 4.98 Å². The minimum Gasteiger partial charge on any atom is -0.479 e. The topological polar surface area (TPSA) is 86.0 Å². The summed E-state index contributed by atoms with van der Waals surface area (Å²) in [6.07, 6.45) is 0. The fourth-order valence-corrected chi connectivity index (χ4v) is 2.17. The van der Waals surface area contributed by atoms with Crippen molar-refractivity contribution in [3.05, 3.63) is 58.9 Å². The normalized spacial score (nSPS) is 11.5. The van der Waals surface area contributed by atoms with Crippen molar-refractivity contribution < 1.29 is 9.90 Å². The summed E-state index contributed by atoms with van der Waals surface area (Å²) in [5.41, 5.74) is 2.78. The lowest BCUT2D eigenvalue weighted by atomic mass is 10.1. The molecule has 0 radical (unpaired) electrons. The summed E-state index contributed by atoms with van der Waals surface area (Å²) in [5, 5.41) is 21.6. The molecule has 1 unspecified atom stereocenters. The van der Waals surface area contributed by atoms with Crippen LogP contribution in [0.1, 0.15) is 28.6 Å². The number of nitriles is 1. The van der Waals surface area contributed by atoms with Gasteiger partial charge in [0.05, 0.1) is 16.9 Å². The molecule has 0 saturated heterocycles. The number of nitrogens with zero attached hydrogens (tertiary/aromatic N) is 2. The van der Waals surface area contributed by atoms with Gasteiger partial charge >= 0.3 is 5.97 Å². The molecular weight excluding hydrogens is 266 g/mol. The fourth-order valence-electron chi connectivity index (χ4n) is 2.17. The molecule has 1 heterocycles. The number of pyridine rings is 1. The van der Waals surface area contributed by atoms with E-state index in [-0.39, 0.29) is 0 Å². The molecule has 0 fully saturated rings. The van der Waals surface area contributed by atoms with E-state index in [4.69, 9.17) is 0 Å². The average Bonchev–Trinajstić information content (AvgIpc) is 2.45. The highest BCUT2D eigenvalue weighted by molar-refractivity contribution is 5.80. The maximum atomic E-state index is 11.5. The summed E-state index contributed by atoms with van der Waals surface area (Å²) in [4.78, 5) is 15.7. The predicted octanol–water partition coefficient (Wildman–Crippen LogP) is 2.81. The Hall–Kier alpha value is -2.87. The van der Waals surface area contributed by atoms with Gasteiger partial charge in [-0.05, 0) is 25.5 Å². The predicted molar refractivity (Wildman–Crippen MR) is 78.9 cm³/mol. The summed E-state index contributed by atoms with van der Waals surface area (Å²) in [5.74, 6) is -1.00. The Kier molecular flexibility index (Phi) is 4.19. The lowest BCUT2D eigenvalue weighted by molar-refractivity contribution is -0.138. The molecule has 0 aliphatic carbocycles. The summed E-state index contributed by atoms with van der Waals surface area (Å²) < 4.78 is 0. The van der Waals surface area contributed by atoms with Gasteiger partial charge in [0.2, 0.25) is 0 Å². The molecule has 0 aliphatic rings. The number of aromatic nitrogens is 1. The van der Waals surface area contributed by atoms with Crippen LogP contribution in [0, 0.1) is 25.2 Å². The highest BCUT2D eigenvalue weighted by atomic mass is 16.4. The molecule has 2 N–H and O–H groups in total. The number of benzene rings is 1. The van der Waals surface area contributed by atoms with Crippen LogP contribution in [0.15, 0.2) is 36.4 Å². The number of carboxylic acid groups (broad SMARTS) is 1. The lowest BCUT2D eigenvalue weighted by Gasteiger charge is -2.18. The van der Waals surface area contributed by atoms with E-state index in [9.17, 15) is 15.2 Å². The third kappa shape index (κ3) is 3.18. The second kappa shape index (κ2) is 6.06. The van der Waals surface area contributed by atoms with Crippen molar-refractivity contribution in [1.29, 1.82) is 5.26 Å². The summed E-state index contributed by atoms with van der Waals surface area (Å²) in [6, 6.07) is 11.7. The lowest BCUT2D eigenvalue weighted by Crippen LogP contribution is -2.21. The number of aliphatic carboxylic acids is 1. The zero-order valence-corrected chi connectivity index (χ0v) is 11.8. The molecule has 1 aromatic carbocycles. The van der Waals surface area contributed by atoms with E-state index in [1.807, 2.05) is 6.07 Å². The summed E-state index contributed by atoms with van der Waals surface area (Å²) in [6.45, 7) is 3.53. The highest BCUT2D eigenvalue weighted by Gasteiger charge is 2.21. The van der Waals surface area contributed by atoms with Crippen LogP contribution in [0.3, 0.4) is 0 Å². The zero-order chi connectivity index (χ0) is 15.4. The molecule has 0 amide bonds. The van der Waals surface area contributed by atoms with Crippen molar-refractivity contribution in [2.75, 3.05) is 5.32 Å². The van der Waals surface area contributed by atoms with Gasteiger partial charge in [-0.25, -0.2) is 4.79 Å². The van der Waals surface area contributed by atoms with E-state index < -0.39 is 12.0 Å². The minimum absolute atomic E-state index is 0.364. The fraction of sp³-hybridized carbons (Fsp3) is 0.188. The minimum atomic E-state index is -1.00. The molecule has 0 aliphatic heterocycles. The van der Waals surface area contributed by atoms with Crippen LogP contribution in [-0.2, 0) is 4.79 Å². The first-order valence-electron chi connectivity index (χ1n) is 6.45. The Morgan fingerprint density at radius 2 is 2.00 bits per heavy atom. The Morgan fingerprint density at radius 3 is 2.57 bits per heavy atom. The number of hydrogen-bond donors (Lipinski definition) is 2. The van der Waals surface area contributed by atoms with Crippen LogP contribution in [0.4, 0.5) is 5.69 Å². The molecule has 5 heteroatoms. The molecule has 2 aromatic rings. The molecular formula is C16H15N3O2. The largest absolute Gasteiger partial charge is 0.479 e. The Morgan fingerprint density at radius 1 is 1.33 bits per heavy atom. The van der Waals surface area contributed by atoms with Crippen molar-refractivity contribution in [2.45, 2.75) is 19.9 Å². The van der Waals surface area contributed by atoms with Crippen molar-refractivity contribution in [2.24, 2.45) is 0 Å². The molecule has 21 heavy (non-hydrogen) atoms. The van der Waals surface area contributed by atoms with E-state index in [1.54, 1.807) is 44.2 Å². The smallest absolute Gasteiger partial charge is 0.330 e. The van der Waals surface area contributed by atoms with Gasteiger partial charge in [-0.3, -0.25) is 4.98 Å². The third-order valence-corrected chi connectivity index (χ3v) is 3.12. The van der Waals surface area contributed by atoms with Crippen LogP contribution >= 0.6 is 0 Å². The van der Waals surface area contributed by atoms with Crippen LogP contribution in [0.25, 0.3) is 0 Å².